The molecule has 0 aliphatic carbocycles. The first-order valence-corrected chi connectivity index (χ1v) is 7.16. The SMILES string of the molecule is COc1cnn(CCN(C)C)c1C(N)c1ccc(Cl)cc1. The van der Waals surface area contributed by atoms with Gasteiger partial charge in [0.2, 0.25) is 0 Å². The van der Waals surface area contributed by atoms with Crippen LogP contribution in [0.15, 0.2) is 30.5 Å². The molecule has 0 saturated carbocycles. The number of hydrogen-bond donors (Lipinski definition) is 1. The van der Waals surface area contributed by atoms with E-state index in [2.05, 4.69) is 10.00 Å². The molecule has 2 N–H and O–H groups in total. The monoisotopic (exact) mass is 308 g/mol. The Hall–Kier alpha value is -1.56. The van der Waals surface area contributed by atoms with Crippen molar-refractivity contribution in [3.8, 4) is 5.75 Å². The maximum Gasteiger partial charge on any atom is 0.161 e. The largest absolute Gasteiger partial charge is 0.493 e. The number of aromatic nitrogens is 2. The molecule has 1 aromatic carbocycles. The van der Waals surface area contributed by atoms with Crippen LogP contribution in [0.3, 0.4) is 0 Å². The van der Waals surface area contributed by atoms with Crippen molar-refractivity contribution < 1.29 is 4.74 Å². The minimum absolute atomic E-state index is 0.304. The lowest BCUT2D eigenvalue weighted by atomic mass is 10.0. The van der Waals surface area contributed by atoms with Crippen molar-refractivity contribution in [1.29, 1.82) is 0 Å². The smallest absolute Gasteiger partial charge is 0.161 e. The van der Waals surface area contributed by atoms with Crippen molar-refractivity contribution in [1.82, 2.24) is 14.7 Å². The molecule has 2 aromatic rings. The summed E-state index contributed by atoms with van der Waals surface area (Å²) in [7, 11) is 5.68. The van der Waals surface area contributed by atoms with Crippen molar-refractivity contribution in [3.63, 3.8) is 0 Å². The van der Waals surface area contributed by atoms with E-state index in [1.54, 1.807) is 13.3 Å². The summed E-state index contributed by atoms with van der Waals surface area (Å²) in [4.78, 5) is 2.10. The maximum absolute atomic E-state index is 6.40. The number of hydrogen-bond acceptors (Lipinski definition) is 4. The van der Waals surface area contributed by atoms with E-state index in [9.17, 15) is 0 Å². The summed E-state index contributed by atoms with van der Waals surface area (Å²) in [6.07, 6.45) is 1.71. The predicted molar refractivity (Wildman–Crippen MR) is 84.8 cm³/mol. The molecule has 0 amide bonds. The lowest BCUT2D eigenvalue weighted by molar-refractivity contribution is 0.363. The molecule has 1 aromatic heterocycles. The summed E-state index contributed by atoms with van der Waals surface area (Å²) in [5.41, 5.74) is 8.25. The molecule has 0 aliphatic heterocycles. The Labute approximate surface area is 130 Å². The number of nitrogens with zero attached hydrogens (tertiary/aromatic N) is 3. The van der Waals surface area contributed by atoms with Crippen LogP contribution in [0.25, 0.3) is 0 Å². The van der Waals surface area contributed by atoms with E-state index >= 15 is 0 Å². The highest BCUT2D eigenvalue weighted by Crippen LogP contribution is 2.28. The third-order valence-electron chi connectivity index (χ3n) is 3.35. The molecule has 0 spiro atoms. The lowest BCUT2D eigenvalue weighted by Crippen LogP contribution is -2.23. The van der Waals surface area contributed by atoms with Crippen LogP contribution in [0.5, 0.6) is 5.75 Å². The molecular weight excluding hydrogens is 288 g/mol. The molecule has 1 unspecified atom stereocenters. The summed E-state index contributed by atoms with van der Waals surface area (Å²) >= 11 is 5.93. The Morgan fingerprint density at radius 2 is 2.00 bits per heavy atom. The van der Waals surface area contributed by atoms with E-state index in [0.717, 1.165) is 24.3 Å². The normalized spacial score (nSPS) is 12.7. The number of nitrogens with two attached hydrogens (primary N) is 1. The lowest BCUT2D eigenvalue weighted by Gasteiger charge is -2.17. The zero-order valence-electron chi connectivity index (χ0n) is 12.6. The molecule has 0 aliphatic rings. The number of benzene rings is 1. The first-order chi connectivity index (χ1) is 10.0. The van der Waals surface area contributed by atoms with Crippen molar-refractivity contribution in [2.45, 2.75) is 12.6 Å². The van der Waals surface area contributed by atoms with Gasteiger partial charge >= 0.3 is 0 Å². The van der Waals surface area contributed by atoms with Crippen LogP contribution >= 0.6 is 11.6 Å². The quantitative estimate of drug-likeness (QED) is 0.888. The molecule has 0 bridgehead atoms. The summed E-state index contributed by atoms with van der Waals surface area (Å²) in [5, 5.41) is 5.08. The maximum atomic E-state index is 6.40. The topological polar surface area (TPSA) is 56.3 Å². The van der Waals surface area contributed by atoms with Gasteiger partial charge in [-0.2, -0.15) is 5.10 Å². The summed E-state index contributed by atoms with van der Waals surface area (Å²) < 4.78 is 7.30. The van der Waals surface area contributed by atoms with Gasteiger partial charge in [0.1, 0.15) is 5.69 Å². The van der Waals surface area contributed by atoms with Gasteiger partial charge in [0.25, 0.3) is 0 Å². The van der Waals surface area contributed by atoms with Crippen molar-refractivity contribution in [2.24, 2.45) is 5.73 Å². The number of ether oxygens (including phenoxy) is 1. The Bertz CT molecular complexity index is 580. The molecule has 114 valence electrons. The predicted octanol–water partition coefficient (Wildman–Crippen LogP) is 2.15. The molecule has 0 fully saturated rings. The first-order valence-electron chi connectivity index (χ1n) is 6.78. The zero-order valence-corrected chi connectivity index (χ0v) is 13.3. The number of methoxy groups -OCH3 is 1. The van der Waals surface area contributed by atoms with Crippen molar-refractivity contribution in [3.05, 3.63) is 46.7 Å². The average Bonchev–Trinajstić information content (AvgIpc) is 2.88. The van der Waals surface area contributed by atoms with Gasteiger partial charge in [-0.05, 0) is 31.8 Å². The Balaban J connectivity index is 2.31. The van der Waals surface area contributed by atoms with Gasteiger partial charge in [-0.15, -0.1) is 0 Å². The fourth-order valence-electron chi connectivity index (χ4n) is 2.15. The van der Waals surface area contributed by atoms with Crippen LogP contribution in [0.1, 0.15) is 17.3 Å². The van der Waals surface area contributed by atoms with E-state index in [1.165, 1.54) is 0 Å². The van der Waals surface area contributed by atoms with Gasteiger partial charge in [0.15, 0.2) is 5.75 Å². The van der Waals surface area contributed by atoms with Gasteiger partial charge in [-0.1, -0.05) is 23.7 Å². The highest BCUT2D eigenvalue weighted by molar-refractivity contribution is 6.30. The van der Waals surface area contributed by atoms with E-state index in [1.807, 2.05) is 43.0 Å². The molecule has 2 rings (SSSR count). The molecule has 1 heterocycles. The van der Waals surface area contributed by atoms with Gasteiger partial charge in [0.05, 0.1) is 25.9 Å². The van der Waals surface area contributed by atoms with Crippen molar-refractivity contribution in [2.75, 3.05) is 27.7 Å². The van der Waals surface area contributed by atoms with E-state index in [-0.39, 0.29) is 6.04 Å². The number of likely N-dealkylation sites (N-methyl/N-ethyl adjacent to an activating group) is 1. The van der Waals surface area contributed by atoms with Gasteiger partial charge in [-0.25, -0.2) is 0 Å². The number of rotatable bonds is 6. The fourth-order valence-corrected chi connectivity index (χ4v) is 2.28. The molecule has 21 heavy (non-hydrogen) atoms. The molecule has 0 saturated heterocycles. The highest BCUT2D eigenvalue weighted by Gasteiger charge is 2.20. The second kappa shape index (κ2) is 6.93. The summed E-state index contributed by atoms with van der Waals surface area (Å²) in [5.74, 6) is 0.705. The van der Waals surface area contributed by atoms with Gasteiger partial charge in [0, 0.05) is 11.6 Å². The van der Waals surface area contributed by atoms with Crippen LogP contribution in [-0.2, 0) is 6.54 Å². The van der Waals surface area contributed by atoms with Crippen LogP contribution in [-0.4, -0.2) is 42.4 Å². The van der Waals surface area contributed by atoms with E-state index in [4.69, 9.17) is 22.1 Å². The number of halogens is 1. The van der Waals surface area contributed by atoms with Gasteiger partial charge < -0.3 is 15.4 Å². The second-order valence-corrected chi connectivity index (χ2v) is 5.59. The average molecular weight is 309 g/mol. The van der Waals surface area contributed by atoms with Gasteiger partial charge in [-0.3, -0.25) is 4.68 Å². The molecular formula is C15H21ClN4O. The second-order valence-electron chi connectivity index (χ2n) is 5.15. The third kappa shape index (κ3) is 3.75. The highest BCUT2D eigenvalue weighted by atomic mass is 35.5. The van der Waals surface area contributed by atoms with E-state index in [0.29, 0.717) is 10.8 Å². The molecule has 5 nitrogen and oxygen atoms in total. The van der Waals surface area contributed by atoms with Crippen LogP contribution in [0, 0.1) is 0 Å². The van der Waals surface area contributed by atoms with Crippen LogP contribution < -0.4 is 10.5 Å². The molecule has 6 heteroatoms. The Morgan fingerprint density at radius 3 is 2.57 bits per heavy atom. The minimum atomic E-state index is -0.304. The summed E-state index contributed by atoms with van der Waals surface area (Å²) in [6, 6.07) is 7.22. The van der Waals surface area contributed by atoms with E-state index < -0.39 is 0 Å². The standard InChI is InChI=1S/C15H21ClN4O/c1-19(2)8-9-20-15(13(21-3)10-18-20)14(17)11-4-6-12(16)7-5-11/h4-7,10,14H,8-9,17H2,1-3H3. The fraction of sp³-hybridized carbons (Fsp3) is 0.400. The summed E-state index contributed by atoms with van der Waals surface area (Å²) in [6.45, 7) is 1.64. The molecule has 0 radical (unpaired) electrons. The van der Waals surface area contributed by atoms with Crippen LogP contribution in [0.2, 0.25) is 5.02 Å². The molecule has 1 atom stereocenters. The minimum Gasteiger partial charge on any atom is -0.493 e. The first kappa shape index (κ1) is 15.8. The van der Waals surface area contributed by atoms with Crippen LogP contribution in [0.4, 0.5) is 0 Å². The third-order valence-corrected chi connectivity index (χ3v) is 3.60. The van der Waals surface area contributed by atoms with Crippen molar-refractivity contribution >= 4 is 11.6 Å². The Morgan fingerprint density at radius 1 is 1.33 bits per heavy atom. The Kier molecular flexibility index (Phi) is 5.22. The zero-order chi connectivity index (χ0) is 15.4.